The summed E-state index contributed by atoms with van der Waals surface area (Å²) in [6, 6.07) is 17.4. The minimum absolute atomic E-state index is 0.562. The zero-order valence-electron chi connectivity index (χ0n) is 12.9. The first-order valence-corrected chi connectivity index (χ1v) is 7.99. The van der Waals surface area contributed by atoms with E-state index < -0.39 is 41.3 Å². The van der Waals surface area contributed by atoms with Crippen LogP contribution in [-0.4, -0.2) is 55.0 Å². The molecular weight excluding hydrogens is 308 g/mol. The molecule has 126 valence electrons. The molecule has 0 radical (unpaired) electrons. The Bertz CT molecular complexity index is 739. The van der Waals surface area contributed by atoms with Gasteiger partial charge in [-0.3, -0.25) is 0 Å². The number of hydrogen-bond donors (Lipinski definition) is 5. The smallest absolute Gasteiger partial charge is 0.137 e. The van der Waals surface area contributed by atoms with Gasteiger partial charge in [0.05, 0.1) is 18.6 Å². The Morgan fingerprint density at radius 2 is 1.29 bits per heavy atom. The van der Waals surface area contributed by atoms with Crippen LogP contribution in [0.4, 0.5) is 0 Å². The molecule has 0 saturated heterocycles. The van der Waals surface area contributed by atoms with E-state index in [1.165, 1.54) is 0 Å². The first kappa shape index (κ1) is 15.7. The van der Waals surface area contributed by atoms with Crippen LogP contribution in [0.2, 0.25) is 0 Å². The van der Waals surface area contributed by atoms with Gasteiger partial charge in [-0.1, -0.05) is 60.7 Å². The van der Waals surface area contributed by atoms with Gasteiger partial charge in [0.15, 0.2) is 0 Å². The number of fused-ring (bicyclic) bond motifs is 1. The molecule has 3 unspecified atom stereocenters. The maximum atomic E-state index is 11.1. The van der Waals surface area contributed by atoms with Gasteiger partial charge in [-0.25, -0.2) is 0 Å². The van der Waals surface area contributed by atoms with E-state index in [1.54, 1.807) is 60.7 Å². The Kier molecular flexibility index (Phi) is 3.20. The van der Waals surface area contributed by atoms with E-state index in [4.69, 9.17) is 0 Å². The summed E-state index contributed by atoms with van der Waals surface area (Å²) in [5.41, 5.74) is -4.70. The predicted octanol–water partition coefficient (Wildman–Crippen LogP) is 0.128. The van der Waals surface area contributed by atoms with Crippen molar-refractivity contribution in [2.45, 2.75) is 34.7 Å². The van der Waals surface area contributed by atoms with Crippen molar-refractivity contribution >= 4 is 0 Å². The largest absolute Gasteiger partial charge is 0.393 e. The summed E-state index contributed by atoms with van der Waals surface area (Å²) in [5.74, 6) is -1.85. The molecule has 2 fully saturated rings. The van der Waals surface area contributed by atoms with Crippen LogP contribution in [-0.2, 0) is 0 Å². The standard InChI is InChI=1S/C19H20O5/c20-11-17(22)15(13-9-5-2-6-10-13)18(23)16(21)14(19(17,18)24)12-7-3-1-4-8-12/h1-10,14-16,20-24H,11H2/t14?,15?,16?,17-,18-,19+/m1/s1. The summed E-state index contributed by atoms with van der Waals surface area (Å²) in [7, 11) is 0. The lowest BCUT2D eigenvalue weighted by molar-refractivity contribution is -0.448. The molecule has 0 heterocycles. The zero-order chi connectivity index (χ0) is 17.2. The molecule has 2 aromatic carbocycles. The number of hydrogen-bond acceptors (Lipinski definition) is 5. The molecule has 4 rings (SSSR count). The third-order valence-electron chi connectivity index (χ3n) is 5.94. The van der Waals surface area contributed by atoms with Gasteiger partial charge in [-0.05, 0) is 11.1 Å². The first-order valence-electron chi connectivity index (χ1n) is 7.99. The van der Waals surface area contributed by atoms with Crippen molar-refractivity contribution in [1.29, 1.82) is 0 Å². The summed E-state index contributed by atoms with van der Waals surface area (Å²) in [5, 5.41) is 53.7. The molecule has 6 atom stereocenters. The van der Waals surface area contributed by atoms with Crippen LogP contribution in [0.25, 0.3) is 0 Å². The van der Waals surface area contributed by atoms with Gasteiger partial charge in [0.1, 0.15) is 16.8 Å². The van der Waals surface area contributed by atoms with Crippen LogP contribution in [0.15, 0.2) is 60.7 Å². The van der Waals surface area contributed by atoms with Crippen molar-refractivity contribution in [3.8, 4) is 0 Å². The number of benzene rings is 2. The fourth-order valence-electron chi connectivity index (χ4n) is 4.85. The van der Waals surface area contributed by atoms with Gasteiger partial charge in [-0.15, -0.1) is 0 Å². The second kappa shape index (κ2) is 4.88. The van der Waals surface area contributed by atoms with Crippen molar-refractivity contribution in [2.24, 2.45) is 0 Å². The van der Waals surface area contributed by atoms with Gasteiger partial charge in [0.25, 0.3) is 0 Å². The highest BCUT2D eigenvalue weighted by Crippen LogP contribution is 2.74. The summed E-state index contributed by atoms with van der Waals surface area (Å²) in [6.07, 6.45) is -1.25. The van der Waals surface area contributed by atoms with E-state index in [1.807, 2.05) is 0 Å². The SMILES string of the molecule is OC[C@@]1(O)C(c2ccccc2)[C@@]2(O)C(O)C(c3ccccc3)[C@@]21O. The molecule has 24 heavy (non-hydrogen) atoms. The Morgan fingerprint density at radius 1 is 0.792 bits per heavy atom. The van der Waals surface area contributed by atoms with Crippen molar-refractivity contribution in [3.63, 3.8) is 0 Å². The maximum absolute atomic E-state index is 11.1. The van der Waals surface area contributed by atoms with Crippen molar-refractivity contribution in [3.05, 3.63) is 71.8 Å². The molecule has 2 aromatic rings. The zero-order valence-corrected chi connectivity index (χ0v) is 12.9. The third kappa shape index (κ3) is 1.48. The molecular formula is C19H20O5. The minimum atomic E-state index is -2.02. The van der Waals surface area contributed by atoms with Crippen molar-refractivity contribution in [1.82, 2.24) is 0 Å². The third-order valence-corrected chi connectivity index (χ3v) is 5.94. The predicted molar refractivity (Wildman–Crippen MR) is 86.3 cm³/mol. The van der Waals surface area contributed by atoms with Crippen LogP contribution in [0.3, 0.4) is 0 Å². The second-order valence-corrected chi connectivity index (χ2v) is 6.85. The van der Waals surface area contributed by atoms with Crippen LogP contribution >= 0.6 is 0 Å². The average Bonchev–Trinajstić information content (AvgIpc) is 2.63. The first-order chi connectivity index (χ1) is 11.4. The number of aliphatic hydroxyl groups excluding tert-OH is 2. The van der Waals surface area contributed by atoms with Crippen LogP contribution < -0.4 is 0 Å². The average molecular weight is 328 g/mol. The highest BCUT2D eigenvalue weighted by Gasteiger charge is 2.92. The molecule has 0 aliphatic heterocycles. The van der Waals surface area contributed by atoms with Gasteiger partial charge in [-0.2, -0.15) is 0 Å². The van der Waals surface area contributed by atoms with E-state index in [-0.39, 0.29) is 0 Å². The monoisotopic (exact) mass is 328 g/mol. The maximum Gasteiger partial charge on any atom is 0.137 e. The molecule has 2 saturated carbocycles. The molecule has 5 nitrogen and oxygen atoms in total. The Balaban J connectivity index is 1.82. The van der Waals surface area contributed by atoms with E-state index >= 15 is 0 Å². The molecule has 5 N–H and O–H groups in total. The molecule has 5 heteroatoms. The minimum Gasteiger partial charge on any atom is -0.393 e. The fourth-order valence-corrected chi connectivity index (χ4v) is 4.85. The van der Waals surface area contributed by atoms with Crippen molar-refractivity contribution in [2.75, 3.05) is 6.61 Å². The van der Waals surface area contributed by atoms with Gasteiger partial charge in [0, 0.05) is 5.92 Å². The molecule has 0 aromatic heterocycles. The van der Waals surface area contributed by atoms with E-state index in [0.29, 0.717) is 11.1 Å². The quantitative estimate of drug-likeness (QED) is 0.551. The van der Waals surface area contributed by atoms with Crippen LogP contribution in [0.5, 0.6) is 0 Å². The van der Waals surface area contributed by atoms with Crippen LogP contribution in [0, 0.1) is 0 Å². The molecule has 0 spiro atoms. The Hall–Kier alpha value is -1.76. The molecule has 2 aliphatic carbocycles. The highest BCUT2D eigenvalue weighted by atomic mass is 16.4. The molecule has 2 aliphatic rings. The van der Waals surface area contributed by atoms with E-state index in [2.05, 4.69) is 0 Å². The highest BCUT2D eigenvalue weighted by molar-refractivity contribution is 5.54. The van der Waals surface area contributed by atoms with E-state index in [0.717, 1.165) is 0 Å². The van der Waals surface area contributed by atoms with Gasteiger partial charge >= 0.3 is 0 Å². The lowest BCUT2D eigenvalue weighted by atomic mass is 9.31. The normalized spacial score (nSPS) is 43.5. The summed E-state index contributed by atoms with van der Waals surface area (Å²) in [4.78, 5) is 0. The van der Waals surface area contributed by atoms with Crippen LogP contribution in [0.1, 0.15) is 23.0 Å². The van der Waals surface area contributed by atoms with Crippen molar-refractivity contribution < 1.29 is 25.5 Å². The van der Waals surface area contributed by atoms with Gasteiger partial charge in [0.2, 0.25) is 0 Å². The lowest BCUT2D eigenvalue weighted by Gasteiger charge is -2.79. The van der Waals surface area contributed by atoms with Gasteiger partial charge < -0.3 is 25.5 Å². The molecule has 0 amide bonds. The summed E-state index contributed by atoms with van der Waals surface area (Å²) in [6.45, 7) is -0.721. The topological polar surface area (TPSA) is 101 Å². The summed E-state index contributed by atoms with van der Waals surface area (Å²) >= 11 is 0. The second-order valence-electron chi connectivity index (χ2n) is 6.85. The number of rotatable bonds is 3. The molecule has 0 bridgehead atoms. The lowest BCUT2D eigenvalue weighted by Crippen LogP contribution is -2.98. The number of aliphatic hydroxyl groups is 5. The fraction of sp³-hybridized carbons (Fsp3) is 0.368. The Morgan fingerprint density at radius 3 is 1.79 bits per heavy atom. The summed E-state index contributed by atoms with van der Waals surface area (Å²) < 4.78 is 0. The van der Waals surface area contributed by atoms with E-state index in [9.17, 15) is 25.5 Å². The Labute approximate surface area is 139 Å².